The van der Waals surface area contributed by atoms with Crippen LogP contribution in [-0.4, -0.2) is 29.7 Å². The van der Waals surface area contributed by atoms with Gasteiger partial charge in [0.25, 0.3) is 5.91 Å². The second-order valence-electron chi connectivity index (χ2n) is 6.58. The Balaban J connectivity index is 2.64. The molecular formula is C20H34N2O3. The number of hydrogen-bond donors (Lipinski definition) is 1. The first kappa shape index (κ1) is 21.4. The first-order valence-corrected chi connectivity index (χ1v) is 9.60. The maximum atomic E-state index is 12.7. The Kier molecular flexibility index (Phi) is 10.2. The van der Waals surface area contributed by atoms with Gasteiger partial charge in [-0.15, -0.1) is 0 Å². The van der Waals surface area contributed by atoms with Gasteiger partial charge in [0.05, 0.1) is 18.5 Å². The molecule has 0 aromatic carbocycles. The normalized spacial score (nSPS) is 13.3. The minimum atomic E-state index is -0.804. The van der Waals surface area contributed by atoms with Crippen molar-refractivity contribution in [1.29, 1.82) is 0 Å². The molecule has 0 fully saturated rings. The zero-order chi connectivity index (χ0) is 18.5. The van der Waals surface area contributed by atoms with Crippen molar-refractivity contribution in [2.45, 2.75) is 78.2 Å². The van der Waals surface area contributed by atoms with Crippen LogP contribution in [0, 0.1) is 0 Å². The predicted molar refractivity (Wildman–Crippen MR) is 102 cm³/mol. The first-order chi connectivity index (χ1) is 12.1. The fourth-order valence-electron chi connectivity index (χ4n) is 2.41. The van der Waals surface area contributed by atoms with E-state index in [0.717, 1.165) is 44.9 Å². The highest BCUT2D eigenvalue weighted by Gasteiger charge is 2.33. The number of hydrogen-bond acceptors (Lipinski definition) is 4. The largest absolute Gasteiger partial charge is 0.478 e. The van der Waals surface area contributed by atoms with Crippen molar-refractivity contribution in [3.8, 4) is 5.88 Å². The van der Waals surface area contributed by atoms with Crippen LogP contribution in [0.1, 0.15) is 72.6 Å². The van der Waals surface area contributed by atoms with Crippen LogP contribution in [0.3, 0.4) is 0 Å². The van der Waals surface area contributed by atoms with E-state index < -0.39 is 5.60 Å². The van der Waals surface area contributed by atoms with E-state index in [1.54, 1.807) is 12.3 Å². The molecule has 1 atom stereocenters. The van der Waals surface area contributed by atoms with Crippen molar-refractivity contribution in [2.75, 3.05) is 18.5 Å². The maximum Gasteiger partial charge on any atom is 0.256 e. The number of nitrogens with one attached hydrogen (secondary N) is 1. The highest BCUT2D eigenvalue weighted by molar-refractivity contribution is 5.96. The predicted octanol–water partition coefficient (Wildman–Crippen LogP) is 4.96. The third-order valence-corrected chi connectivity index (χ3v) is 4.10. The lowest BCUT2D eigenvalue weighted by molar-refractivity contribution is -0.140. The topological polar surface area (TPSA) is 60.5 Å². The Hall–Kier alpha value is -1.62. The second-order valence-corrected chi connectivity index (χ2v) is 6.58. The molecule has 0 unspecified atom stereocenters. The van der Waals surface area contributed by atoms with Crippen molar-refractivity contribution in [2.24, 2.45) is 0 Å². The summed E-state index contributed by atoms with van der Waals surface area (Å²) in [6.07, 6.45) is 8.53. The summed E-state index contributed by atoms with van der Waals surface area (Å²) in [5.74, 6) is 0.470. The quantitative estimate of drug-likeness (QED) is 0.511. The van der Waals surface area contributed by atoms with Gasteiger partial charge in [-0.2, -0.15) is 0 Å². The molecule has 0 spiro atoms. The van der Waals surface area contributed by atoms with E-state index in [2.05, 4.69) is 24.1 Å². The van der Waals surface area contributed by atoms with Gasteiger partial charge in [-0.1, -0.05) is 46.5 Å². The number of amides is 1. The van der Waals surface area contributed by atoms with E-state index in [4.69, 9.17) is 9.47 Å². The Morgan fingerprint density at radius 2 is 1.84 bits per heavy atom. The summed E-state index contributed by atoms with van der Waals surface area (Å²) in [6.45, 7) is 9.44. The minimum absolute atomic E-state index is 0.112. The highest BCUT2D eigenvalue weighted by Crippen LogP contribution is 2.23. The van der Waals surface area contributed by atoms with E-state index >= 15 is 0 Å². The van der Waals surface area contributed by atoms with Gasteiger partial charge in [0.15, 0.2) is 0 Å². The van der Waals surface area contributed by atoms with Crippen LogP contribution in [-0.2, 0) is 9.53 Å². The van der Waals surface area contributed by atoms with E-state index in [0.29, 0.717) is 24.8 Å². The average molecular weight is 351 g/mol. The Morgan fingerprint density at radius 1 is 1.08 bits per heavy atom. The number of aromatic nitrogens is 1. The lowest BCUT2D eigenvalue weighted by Gasteiger charge is -2.28. The van der Waals surface area contributed by atoms with Crippen molar-refractivity contribution in [3.63, 3.8) is 0 Å². The Bertz CT molecular complexity index is 490. The molecule has 1 amide bonds. The SMILES string of the molecule is CCCCC[C@@](C)(OCCC)C(=O)Nc1ccc(OCCCC)nc1. The zero-order valence-corrected chi connectivity index (χ0v) is 16.3. The monoisotopic (exact) mass is 350 g/mol. The first-order valence-electron chi connectivity index (χ1n) is 9.60. The van der Waals surface area contributed by atoms with E-state index in [1.807, 2.05) is 19.9 Å². The van der Waals surface area contributed by atoms with Gasteiger partial charge in [-0.25, -0.2) is 4.98 Å². The van der Waals surface area contributed by atoms with Gasteiger partial charge >= 0.3 is 0 Å². The summed E-state index contributed by atoms with van der Waals surface area (Å²) >= 11 is 0. The van der Waals surface area contributed by atoms with Crippen molar-refractivity contribution in [3.05, 3.63) is 18.3 Å². The van der Waals surface area contributed by atoms with Gasteiger partial charge in [0.2, 0.25) is 5.88 Å². The maximum absolute atomic E-state index is 12.7. The molecule has 5 heteroatoms. The van der Waals surface area contributed by atoms with Crippen LogP contribution in [0.25, 0.3) is 0 Å². The van der Waals surface area contributed by atoms with E-state index in [-0.39, 0.29) is 5.91 Å². The van der Waals surface area contributed by atoms with Gasteiger partial charge in [0, 0.05) is 12.7 Å². The van der Waals surface area contributed by atoms with Crippen LogP contribution in [0.5, 0.6) is 5.88 Å². The molecule has 0 radical (unpaired) electrons. The van der Waals surface area contributed by atoms with Gasteiger partial charge in [0.1, 0.15) is 5.60 Å². The average Bonchev–Trinajstić information content (AvgIpc) is 2.62. The number of carbonyl (C=O) groups is 1. The fraction of sp³-hybridized carbons (Fsp3) is 0.700. The molecule has 142 valence electrons. The summed E-state index contributed by atoms with van der Waals surface area (Å²) in [7, 11) is 0. The summed E-state index contributed by atoms with van der Waals surface area (Å²) in [5.41, 5.74) is -0.142. The standard InChI is InChI=1S/C20H34N2O3/c1-5-8-10-13-20(4,25-14-7-3)19(23)22-17-11-12-18(21-16-17)24-15-9-6-2/h11-12,16H,5-10,13-15H2,1-4H3,(H,22,23)/t20-/m1/s1. The summed E-state index contributed by atoms with van der Waals surface area (Å²) < 4.78 is 11.4. The number of nitrogens with zero attached hydrogens (tertiary/aromatic N) is 1. The molecule has 1 aromatic rings. The number of unbranched alkanes of at least 4 members (excludes halogenated alkanes) is 3. The van der Waals surface area contributed by atoms with Gasteiger partial charge < -0.3 is 14.8 Å². The molecule has 0 aliphatic rings. The van der Waals surface area contributed by atoms with Crippen LogP contribution in [0.4, 0.5) is 5.69 Å². The van der Waals surface area contributed by atoms with E-state index in [1.165, 1.54) is 0 Å². The molecule has 5 nitrogen and oxygen atoms in total. The molecule has 0 aliphatic heterocycles. The van der Waals surface area contributed by atoms with Gasteiger partial charge in [-0.3, -0.25) is 4.79 Å². The molecule has 0 saturated carbocycles. The number of anilines is 1. The molecule has 0 aliphatic carbocycles. The Morgan fingerprint density at radius 3 is 2.44 bits per heavy atom. The van der Waals surface area contributed by atoms with Crippen molar-refractivity contribution >= 4 is 11.6 Å². The molecule has 1 heterocycles. The van der Waals surface area contributed by atoms with E-state index in [9.17, 15) is 4.79 Å². The number of ether oxygens (including phenoxy) is 2. The van der Waals surface area contributed by atoms with Gasteiger partial charge in [-0.05, 0) is 32.3 Å². The van der Waals surface area contributed by atoms with Crippen molar-refractivity contribution in [1.82, 2.24) is 4.98 Å². The summed E-state index contributed by atoms with van der Waals surface area (Å²) in [4.78, 5) is 17.0. The molecule has 1 aromatic heterocycles. The van der Waals surface area contributed by atoms with Crippen LogP contribution >= 0.6 is 0 Å². The fourth-order valence-corrected chi connectivity index (χ4v) is 2.41. The van der Waals surface area contributed by atoms with Crippen LogP contribution in [0.15, 0.2) is 18.3 Å². The number of pyridine rings is 1. The Labute approximate surface area is 152 Å². The third kappa shape index (κ3) is 7.86. The molecule has 1 rings (SSSR count). The molecule has 1 N–H and O–H groups in total. The zero-order valence-electron chi connectivity index (χ0n) is 16.3. The molecule has 0 bridgehead atoms. The molecule has 25 heavy (non-hydrogen) atoms. The van der Waals surface area contributed by atoms with Crippen LogP contribution in [0.2, 0.25) is 0 Å². The third-order valence-electron chi connectivity index (χ3n) is 4.10. The second kappa shape index (κ2) is 11.9. The number of rotatable bonds is 13. The minimum Gasteiger partial charge on any atom is -0.478 e. The summed E-state index contributed by atoms with van der Waals surface area (Å²) in [5, 5.41) is 2.93. The lowest BCUT2D eigenvalue weighted by atomic mass is 9.96. The highest BCUT2D eigenvalue weighted by atomic mass is 16.5. The van der Waals surface area contributed by atoms with Crippen LogP contribution < -0.4 is 10.1 Å². The molecular weight excluding hydrogens is 316 g/mol. The number of carbonyl (C=O) groups excluding carboxylic acids is 1. The van der Waals surface area contributed by atoms with Crippen molar-refractivity contribution < 1.29 is 14.3 Å². The smallest absolute Gasteiger partial charge is 0.256 e. The molecule has 0 saturated heterocycles. The lowest BCUT2D eigenvalue weighted by Crippen LogP contribution is -2.43. The summed E-state index contributed by atoms with van der Waals surface area (Å²) in [6, 6.07) is 3.60.